The normalized spacial score (nSPS) is 24.8. The zero-order chi connectivity index (χ0) is 13.8. The summed E-state index contributed by atoms with van der Waals surface area (Å²) in [5.41, 5.74) is 0. The van der Waals surface area contributed by atoms with Crippen molar-refractivity contribution in [2.75, 3.05) is 44.2 Å². The number of hydrogen-bond donors (Lipinski definition) is 1. The van der Waals surface area contributed by atoms with E-state index in [4.69, 9.17) is 4.42 Å². The third-order valence-corrected chi connectivity index (χ3v) is 4.93. The van der Waals surface area contributed by atoms with Crippen LogP contribution in [0.2, 0.25) is 0 Å². The van der Waals surface area contributed by atoms with E-state index in [1.807, 2.05) is 28.8 Å². The average molecular weight is 295 g/mol. The molecule has 2 fully saturated rings. The Morgan fingerprint density at radius 1 is 1.40 bits per heavy atom. The molecule has 3 heterocycles. The highest BCUT2D eigenvalue weighted by atomic mass is 32.2. The van der Waals surface area contributed by atoms with Crippen LogP contribution >= 0.6 is 11.8 Å². The zero-order valence-electron chi connectivity index (χ0n) is 11.6. The summed E-state index contributed by atoms with van der Waals surface area (Å²) in [5.74, 6) is 3.29. The number of rotatable bonds is 3. The van der Waals surface area contributed by atoms with Gasteiger partial charge in [0, 0.05) is 44.2 Å². The van der Waals surface area contributed by atoms with Crippen molar-refractivity contribution in [1.82, 2.24) is 15.1 Å². The van der Waals surface area contributed by atoms with Gasteiger partial charge in [0.25, 0.3) is 0 Å². The quantitative estimate of drug-likeness (QED) is 0.886. The second-order valence-corrected chi connectivity index (χ2v) is 6.41. The lowest BCUT2D eigenvalue weighted by Gasteiger charge is -2.36. The SMILES string of the molecule is O=C(C1CSCCN1)N1CCN(Cc2ccco2)CC1. The van der Waals surface area contributed by atoms with Gasteiger partial charge in [-0.05, 0) is 12.1 Å². The van der Waals surface area contributed by atoms with Crippen molar-refractivity contribution in [2.24, 2.45) is 0 Å². The van der Waals surface area contributed by atoms with Crippen LogP contribution in [-0.2, 0) is 11.3 Å². The third-order valence-electron chi connectivity index (χ3n) is 3.86. The fourth-order valence-corrected chi connectivity index (χ4v) is 3.62. The summed E-state index contributed by atoms with van der Waals surface area (Å²) in [6, 6.07) is 3.94. The first-order valence-corrected chi connectivity index (χ1v) is 8.33. The maximum absolute atomic E-state index is 12.4. The Balaban J connectivity index is 1.46. The minimum atomic E-state index is 0.0189. The van der Waals surface area contributed by atoms with Gasteiger partial charge in [-0.1, -0.05) is 0 Å². The molecule has 0 bridgehead atoms. The number of amides is 1. The van der Waals surface area contributed by atoms with Gasteiger partial charge in [-0.3, -0.25) is 9.69 Å². The third kappa shape index (κ3) is 3.37. The van der Waals surface area contributed by atoms with E-state index in [1.165, 1.54) is 0 Å². The summed E-state index contributed by atoms with van der Waals surface area (Å²) < 4.78 is 5.37. The van der Waals surface area contributed by atoms with E-state index >= 15 is 0 Å². The van der Waals surface area contributed by atoms with E-state index < -0.39 is 0 Å². The van der Waals surface area contributed by atoms with E-state index in [2.05, 4.69) is 10.2 Å². The molecule has 1 aromatic rings. The van der Waals surface area contributed by atoms with Gasteiger partial charge in [-0.2, -0.15) is 11.8 Å². The Kier molecular flexibility index (Phi) is 4.65. The number of nitrogens with one attached hydrogen (secondary N) is 1. The van der Waals surface area contributed by atoms with Crippen molar-refractivity contribution in [3.05, 3.63) is 24.2 Å². The maximum atomic E-state index is 12.4. The monoisotopic (exact) mass is 295 g/mol. The number of thioether (sulfide) groups is 1. The summed E-state index contributed by atoms with van der Waals surface area (Å²) in [7, 11) is 0. The highest BCUT2D eigenvalue weighted by Gasteiger charge is 2.28. The minimum absolute atomic E-state index is 0.0189. The van der Waals surface area contributed by atoms with Crippen LogP contribution in [0.4, 0.5) is 0 Å². The molecule has 2 aliphatic heterocycles. The Labute approximate surface area is 123 Å². The predicted molar refractivity (Wildman–Crippen MR) is 79.7 cm³/mol. The molecule has 110 valence electrons. The Morgan fingerprint density at radius 2 is 2.25 bits per heavy atom. The fourth-order valence-electron chi connectivity index (χ4n) is 2.69. The van der Waals surface area contributed by atoms with Gasteiger partial charge < -0.3 is 14.6 Å². The zero-order valence-corrected chi connectivity index (χ0v) is 12.4. The predicted octanol–water partition coefficient (Wildman–Crippen LogP) is 0.629. The standard InChI is InChI=1S/C14H21N3O2S/c18-14(13-11-20-9-3-15-13)17-6-4-16(5-7-17)10-12-2-1-8-19-12/h1-2,8,13,15H,3-7,9-11H2. The average Bonchev–Trinajstić information content (AvgIpc) is 3.01. The number of piperazine rings is 1. The van der Waals surface area contributed by atoms with Gasteiger partial charge in [0.2, 0.25) is 5.91 Å². The summed E-state index contributed by atoms with van der Waals surface area (Å²) in [5, 5.41) is 3.32. The number of carbonyl (C=O) groups excluding carboxylic acids is 1. The molecule has 2 saturated heterocycles. The molecule has 0 saturated carbocycles. The molecule has 1 unspecified atom stereocenters. The van der Waals surface area contributed by atoms with Crippen molar-refractivity contribution in [3.8, 4) is 0 Å². The second-order valence-electron chi connectivity index (χ2n) is 5.26. The lowest BCUT2D eigenvalue weighted by Crippen LogP contribution is -2.55. The van der Waals surface area contributed by atoms with E-state index in [1.54, 1.807) is 6.26 Å². The lowest BCUT2D eigenvalue weighted by molar-refractivity contribution is -0.134. The molecule has 1 aromatic heterocycles. The lowest BCUT2D eigenvalue weighted by atomic mass is 10.2. The van der Waals surface area contributed by atoms with Crippen molar-refractivity contribution in [1.29, 1.82) is 0 Å². The summed E-state index contributed by atoms with van der Waals surface area (Å²) in [6.45, 7) is 5.27. The fraction of sp³-hybridized carbons (Fsp3) is 0.643. The molecular formula is C14H21N3O2S. The molecule has 5 nitrogen and oxygen atoms in total. The number of hydrogen-bond acceptors (Lipinski definition) is 5. The minimum Gasteiger partial charge on any atom is -0.468 e. The topological polar surface area (TPSA) is 48.7 Å². The molecule has 2 aliphatic rings. The molecule has 3 rings (SSSR count). The van der Waals surface area contributed by atoms with Crippen LogP contribution in [0.3, 0.4) is 0 Å². The van der Waals surface area contributed by atoms with E-state index in [-0.39, 0.29) is 11.9 Å². The molecule has 1 atom stereocenters. The van der Waals surface area contributed by atoms with E-state index in [9.17, 15) is 4.79 Å². The molecule has 20 heavy (non-hydrogen) atoms. The Morgan fingerprint density at radius 3 is 2.90 bits per heavy atom. The van der Waals surface area contributed by atoms with Gasteiger partial charge in [-0.15, -0.1) is 0 Å². The Bertz CT molecular complexity index is 424. The van der Waals surface area contributed by atoms with Crippen LogP contribution in [0.5, 0.6) is 0 Å². The summed E-state index contributed by atoms with van der Waals surface area (Å²) in [6.07, 6.45) is 1.71. The highest BCUT2D eigenvalue weighted by Crippen LogP contribution is 2.13. The summed E-state index contributed by atoms with van der Waals surface area (Å²) >= 11 is 1.87. The summed E-state index contributed by atoms with van der Waals surface area (Å²) in [4.78, 5) is 16.7. The number of carbonyl (C=O) groups is 1. The molecule has 1 N–H and O–H groups in total. The number of furan rings is 1. The van der Waals surface area contributed by atoms with E-state index in [0.29, 0.717) is 0 Å². The van der Waals surface area contributed by atoms with Crippen LogP contribution in [0.1, 0.15) is 5.76 Å². The first kappa shape index (κ1) is 14.0. The molecule has 1 amide bonds. The van der Waals surface area contributed by atoms with Crippen LogP contribution in [0.25, 0.3) is 0 Å². The van der Waals surface area contributed by atoms with Crippen LogP contribution in [0.15, 0.2) is 22.8 Å². The van der Waals surface area contributed by atoms with Crippen molar-refractivity contribution in [2.45, 2.75) is 12.6 Å². The molecule has 0 spiro atoms. The van der Waals surface area contributed by atoms with Crippen molar-refractivity contribution < 1.29 is 9.21 Å². The van der Waals surface area contributed by atoms with E-state index in [0.717, 1.165) is 56.5 Å². The molecule has 0 radical (unpaired) electrons. The molecule has 0 aliphatic carbocycles. The number of nitrogens with zero attached hydrogens (tertiary/aromatic N) is 2. The van der Waals surface area contributed by atoms with Gasteiger partial charge in [0.15, 0.2) is 0 Å². The Hall–Kier alpha value is -0.980. The van der Waals surface area contributed by atoms with Gasteiger partial charge >= 0.3 is 0 Å². The molecule has 6 heteroatoms. The largest absolute Gasteiger partial charge is 0.468 e. The van der Waals surface area contributed by atoms with Gasteiger partial charge in [-0.25, -0.2) is 0 Å². The van der Waals surface area contributed by atoms with Crippen LogP contribution < -0.4 is 5.32 Å². The maximum Gasteiger partial charge on any atom is 0.240 e. The molecule has 0 aromatic carbocycles. The molecular weight excluding hydrogens is 274 g/mol. The first-order chi connectivity index (χ1) is 9.83. The second kappa shape index (κ2) is 6.65. The van der Waals surface area contributed by atoms with Gasteiger partial charge in [0.1, 0.15) is 5.76 Å². The van der Waals surface area contributed by atoms with Gasteiger partial charge in [0.05, 0.1) is 18.8 Å². The van der Waals surface area contributed by atoms with Crippen molar-refractivity contribution >= 4 is 17.7 Å². The first-order valence-electron chi connectivity index (χ1n) is 7.17. The highest BCUT2D eigenvalue weighted by molar-refractivity contribution is 7.99. The van der Waals surface area contributed by atoms with Crippen LogP contribution in [0, 0.1) is 0 Å². The van der Waals surface area contributed by atoms with Crippen molar-refractivity contribution in [3.63, 3.8) is 0 Å². The van der Waals surface area contributed by atoms with Crippen LogP contribution in [-0.4, -0.2) is 66.0 Å². The smallest absolute Gasteiger partial charge is 0.240 e.